The molecule has 23 heavy (non-hydrogen) atoms. The number of rotatable bonds is 1. The van der Waals surface area contributed by atoms with Gasteiger partial charge in [0.1, 0.15) is 17.2 Å². The van der Waals surface area contributed by atoms with E-state index in [2.05, 4.69) is 12.0 Å². The third-order valence-electron chi connectivity index (χ3n) is 4.34. The SMILES string of the molecule is CC1CC(C)n2nccc2N1C(=O)c1cc2cc(F)ccc2o1. The van der Waals surface area contributed by atoms with E-state index in [0.29, 0.717) is 11.0 Å². The van der Waals surface area contributed by atoms with Crippen LogP contribution in [-0.2, 0) is 0 Å². The Morgan fingerprint density at radius 2 is 2.09 bits per heavy atom. The van der Waals surface area contributed by atoms with Crippen LogP contribution in [0.3, 0.4) is 0 Å². The van der Waals surface area contributed by atoms with E-state index >= 15 is 0 Å². The zero-order valence-electron chi connectivity index (χ0n) is 12.9. The summed E-state index contributed by atoms with van der Waals surface area (Å²) in [5.41, 5.74) is 0.501. The summed E-state index contributed by atoms with van der Waals surface area (Å²) < 4.78 is 20.8. The monoisotopic (exact) mass is 313 g/mol. The van der Waals surface area contributed by atoms with Gasteiger partial charge < -0.3 is 4.42 Å². The summed E-state index contributed by atoms with van der Waals surface area (Å²) in [4.78, 5) is 14.6. The fourth-order valence-corrected chi connectivity index (χ4v) is 3.30. The number of amides is 1. The molecule has 2 atom stereocenters. The summed E-state index contributed by atoms with van der Waals surface area (Å²) >= 11 is 0. The lowest BCUT2D eigenvalue weighted by molar-refractivity contribution is 0.0942. The molecule has 0 aliphatic carbocycles. The van der Waals surface area contributed by atoms with Crippen LogP contribution in [0.4, 0.5) is 10.2 Å². The zero-order valence-corrected chi connectivity index (χ0v) is 12.9. The molecule has 0 radical (unpaired) electrons. The van der Waals surface area contributed by atoms with Gasteiger partial charge in [0.25, 0.3) is 5.91 Å². The Morgan fingerprint density at radius 3 is 2.91 bits per heavy atom. The number of benzene rings is 1. The van der Waals surface area contributed by atoms with Gasteiger partial charge in [-0.05, 0) is 44.5 Å². The van der Waals surface area contributed by atoms with Crippen molar-refractivity contribution in [2.24, 2.45) is 0 Å². The van der Waals surface area contributed by atoms with Gasteiger partial charge in [-0.2, -0.15) is 5.10 Å². The number of carbonyl (C=O) groups excluding carboxylic acids is 1. The summed E-state index contributed by atoms with van der Waals surface area (Å²) in [5.74, 6) is 0.380. The summed E-state index contributed by atoms with van der Waals surface area (Å²) in [6, 6.07) is 7.91. The first-order valence-electron chi connectivity index (χ1n) is 7.61. The van der Waals surface area contributed by atoms with Gasteiger partial charge in [-0.15, -0.1) is 0 Å². The van der Waals surface area contributed by atoms with E-state index in [1.54, 1.807) is 17.2 Å². The van der Waals surface area contributed by atoms with E-state index in [9.17, 15) is 9.18 Å². The predicted octanol–water partition coefficient (Wildman–Crippen LogP) is 3.77. The maximum atomic E-state index is 13.3. The van der Waals surface area contributed by atoms with E-state index in [1.807, 2.05) is 17.7 Å². The van der Waals surface area contributed by atoms with Gasteiger partial charge in [0, 0.05) is 17.5 Å². The van der Waals surface area contributed by atoms with Crippen molar-refractivity contribution < 1.29 is 13.6 Å². The molecule has 0 bridgehead atoms. The molecule has 1 amide bonds. The van der Waals surface area contributed by atoms with Crippen molar-refractivity contribution in [2.75, 3.05) is 4.90 Å². The quantitative estimate of drug-likeness (QED) is 0.687. The summed E-state index contributed by atoms with van der Waals surface area (Å²) in [6.45, 7) is 4.09. The fraction of sp³-hybridized carbons (Fsp3) is 0.294. The standard InChI is InChI=1S/C17H16FN3O2/c1-10-7-11(2)21-16(5-6-19-21)20(10)17(22)15-9-12-8-13(18)3-4-14(12)23-15/h3-6,8-11H,7H2,1-2H3. The number of hydrogen-bond acceptors (Lipinski definition) is 3. The normalized spacial score (nSPS) is 20.7. The van der Waals surface area contributed by atoms with Crippen molar-refractivity contribution in [3.8, 4) is 0 Å². The lowest BCUT2D eigenvalue weighted by atomic mass is 10.1. The molecule has 0 spiro atoms. The maximum Gasteiger partial charge on any atom is 0.295 e. The average molecular weight is 313 g/mol. The number of aromatic nitrogens is 2. The van der Waals surface area contributed by atoms with Crippen molar-refractivity contribution >= 4 is 22.7 Å². The Kier molecular flexibility index (Phi) is 3.01. The second-order valence-electron chi connectivity index (χ2n) is 6.04. The van der Waals surface area contributed by atoms with Gasteiger partial charge in [0.05, 0.1) is 12.2 Å². The highest BCUT2D eigenvalue weighted by Gasteiger charge is 2.34. The minimum Gasteiger partial charge on any atom is -0.451 e. The van der Waals surface area contributed by atoms with Crippen molar-refractivity contribution in [1.29, 1.82) is 0 Å². The molecule has 2 aromatic heterocycles. The molecule has 0 fully saturated rings. The molecule has 3 heterocycles. The number of halogens is 1. The zero-order chi connectivity index (χ0) is 16.1. The summed E-state index contributed by atoms with van der Waals surface area (Å²) in [7, 11) is 0. The molecule has 1 aliphatic heterocycles. The highest BCUT2D eigenvalue weighted by molar-refractivity contribution is 6.06. The number of nitrogens with zero attached hydrogens (tertiary/aromatic N) is 3. The molecule has 4 rings (SSSR count). The fourth-order valence-electron chi connectivity index (χ4n) is 3.30. The van der Waals surface area contributed by atoms with Crippen LogP contribution >= 0.6 is 0 Å². The third-order valence-corrected chi connectivity index (χ3v) is 4.34. The van der Waals surface area contributed by atoms with Crippen LogP contribution in [0.15, 0.2) is 40.9 Å². The number of anilines is 1. The molecule has 0 N–H and O–H groups in total. The van der Waals surface area contributed by atoms with Crippen LogP contribution in [0.25, 0.3) is 11.0 Å². The van der Waals surface area contributed by atoms with Crippen LogP contribution in [0.5, 0.6) is 0 Å². The highest BCUT2D eigenvalue weighted by atomic mass is 19.1. The van der Waals surface area contributed by atoms with Gasteiger partial charge in [-0.3, -0.25) is 9.69 Å². The third kappa shape index (κ3) is 2.13. The van der Waals surface area contributed by atoms with Crippen molar-refractivity contribution in [1.82, 2.24) is 9.78 Å². The van der Waals surface area contributed by atoms with E-state index < -0.39 is 0 Å². The average Bonchev–Trinajstić information content (AvgIpc) is 3.13. The molecule has 0 saturated carbocycles. The van der Waals surface area contributed by atoms with Gasteiger partial charge in [-0.25, -0.2) is 9.07 Å². The molecule has 6 heteroatoms. The van der Waals surface area contributed by atoms with Crippen LogP contribution in [0, 0.1) is 5.82 Å². The molecule has 1 aromatic carbocycles. The van der Waals surface area contributed by atoms with E-state index in [0.717, 1.165) is 12.2 Å². The van der Waals surface area contributed by atoms with E-state index in [4.69, 9.17) is 4.42 Å². The molecular weight excluding hydrogens is 297 g/mol. The second-order valence-corrected chi connectivity index (χ2v) is 6.04. The molecule has 3 aromatic rings. The van der Waals surface area contributed by atoms with Gasteiger partial charge in [0.15, 0.2) is 5.76 Å². The lowest BCUT2D eigenvalue weighted by Gasteiger charge is -2.36. The maximum absolute atomic E-state index is 13.3. The summed E-state index contributed by atoms with van der Waals surface area (Å²) in [6.07, 6.45) is 2.51. The number of hydrogen-bond donors (Lipinski definition) is 0. The van der Waals surface area contributed by atoms with Gasteiger partial charge in [-0.1, -0.05) is 0 Å². The Morgan fingerprint density at radius 1 is 1.26 bits per heavy atom. The topological polar surface area (TPSA) is 51.3 Å². The Bertz CT molecular complexity index is 898. The van der Waals surface area contributed by atoms with Crippen LogP contribution in [-0.4, -0.2) is 21.7 Å². The molecular formula is C17H16FN3O2. The number of carbonyl (C=O) groups is 1. The second kappa shape index (κ2) is 4.94. The first-order valence-corrected chi connectivity index (χ1v) is 7.61. The Hall–Kier alpha value is -2.63. The van der Waals surface area contributed by atoms with E-state index in [1.165, 1.54) is 18.2 Å². The molecule has 0 saturated heterocycles. The minimum absolute atomic E-state index is 0.0339. The number of fused-ring (bicyclic) bond motifs is 2. The molecule has 5 nitrogen and oxygen atoms in total. The first-order chi connectivity index (χ1) is 11.0. The Balaban J connectivity index is 1.77. The van der Waals surface area contributed by atoms with Gasteiger partial charge >= 0.3 is 0 Å². The minimum atomic E-state index is -0.351. The van der Waals surface area contributed by atoms with Gasteiger partial charge in [0.2, 0.25) is 0 Å². The predicted molar refractivity (Wildman–Crippen MR) is 84.0 cm³/mol. The molecule has 1 aliphatic rings. The molecule has 2 unspecified atom stereocenters. The van der Waals surface area contributed by atoms with Crippen LogP contribution < -0.4 is 4.90 Å². The van der Waals surface area contributed by atoms with Crippen molar-refractivity contribution in [3.05, 3.63) is 48.1 Å². The molecule has 118 valence electrons. The van der Waals surface area contributed by atoms with Crippen molar-refractivity contribution in [3.63, 3.8) is 0 Å². The van der Waals surface area contributed by atoms with Crippen LogP contribution in [0.1, 0.15) is 36.9 Å². The smallest absolute Gasteiger partial charge is 0.295 e. The van der Waals surface area contributed by atoms with E-state index in [-0.39, 0.29) is 29.6 Å². The highest BCUT2D eigenvalue weighted by Crippen LogP contribution is 2.33. The van der Waals surface area contributed by atoms with Crippen molar-refractivity contribution in [2.45, 2.75) is 32.4 Å². The Labute approximate surface area is 132 Å². The number of furan rings is 1. The first kappa shape index (κ1) is 14.0. The summed E-state index contributed by atoms with van der Waals surface area (Å²) in [5, 5.41) is 4.88. The lowest BCUT2D eigenvalue weighted by Crippen LogP contribution is -2.44. The largest absolute Gasteiger partial charge is 0.451 e. The van der Waals surface area contributed by atoms with Crippen LogP contribution in [0.2, 0.25) is 0 Å².